The van der Waals surface area contributed by atoms with Crippen LogP contribution >= 0.6 is 0 Å². The highest BCUT2D eigenvalue weighted by Gasteiger charge is 2.04. The van der Waals surface area contributed by atoms with Crippen molar-refractivity contribution in [2.45, 2.75) is 25.9 Å². The van der Waals surface area contributed by atoms with Crippen molar-refractivity contribution in [2.75, 3.05) is 0 Å². The van der Waals surface area contributed by atoms with Crippen LogP contribution in [0.4, 0.5) is 0 Å². The van der Waals surface area contributed by atoms with Gasteiger partial charge in [-0.2, -0.15) is 0 Å². The van der Waals surface area contributed by atoms with Crippen molar-refractivity contribution in [2.24, 2.45) is 5.73 Å². The molecule has 1 amide bonds. The normalized spacial score (nSPS) is 10.2. The number of carbonyl (C=O) groups excluding carboxylic acids is 1. The number of rotatable bonds is 6. The standard InChI is InChI=1S/C16H19N3O/c17-11-14-3-1-2-4-15(14)12-19-16(20)6-5-13-7-9-18-10-8-13/h1-4,7-10H,5-6,11-12,17H2,(H,19,20). The largest absolute Gasteiger partial charge is 0.352 e. The minimum absolute atomic E-state index is 0.0497. The van der Waals surface area contributed by atoms with Crippen molar-refractivity contribution in [3.63, 3.8) is 0 Å². The first-order valence-corrected chi connectivity index (χ1v) is 6.72. The lowest BCUT2D eigenvalue weighted by atomic mass is 10.1. The summed E-state index contributed by atoms with van der Waals surface area (Å²) in [7, 11) is 0. The van der Waals surface area contributed by atoms with Crippen LogP contribution in [-0.4, -0.2) is 10.9 Å². The van der Waals surface area contributed by atoms with E-state index in [0.717, 1.165) is 23.1 Å². The Morgan fingerprint density at radius 2 is 1.80 bits per heavy atom. The van der Waals surface area contributed by atoms with Crippen molar-refractivity contribution < 1.29 is 4.79 Å². The topological polar surface area (TPSA) is 68.0 Å². The van der Waals surface area contributed by atoms with E-state index in [1.807, 2.05) is 36.4 Å². The maximum atomic E-state index is 11.8. The molecule has 0 aliphatic carbocycles. The van der Waals surface area contributed by atoms with Crippen LogP contribution in [0.3, 0.4) is 0 Å². The number of benzene rings is 1. The first-order chi connectivity index (χ1) is 9.79. The molecule has 4 heteroatoms. The highest BCUT2D eigenvalue weighted by atomic mass is 16.1. The lowest BCUT2D eigenvalue weighted by molar-refractivity contribution is -0.121. The van der Waals surface area contributed by atoms with Gasteiger partial charge in [0.15, 0.2) is 0 Å². The molecule has 0 atom stereocenters. The number of nitrogens with zero attached hydrogens (tertiary/aromatic N) is 1. The van der Waals surface area contributed by atoms with Gasteiger partial charge in [0.2, 0.25) is 5.91 Å². The Kier molecular flexibility index (Phi) is 5.26. The third-order valence-corrected chi connectivity index (χ3v) is 3.20. The second-order valence-corrected chi connectivity index (χ2v) is 4.61. The Labute approximate surface area is 119 Å². The molecule has 0 saturated heterocycles. The molecule has 4 nitrogen and oxygen atoms in total. The number of pyridine rings is 1. The van der Waals surface area contributed by atoms with Gasteiger partial charge in [-0.25, -0.2) is 0 Å². The Morgan fingerprint density at radius 1 is 1.10 bits per heavy atom. The van der Waals surface area contributed by atoms with Gasteiger partial charge in [0.25, 0.3) is 0 Å². The SMILES string of the molecule is NCc1ccccc1CNC(=O)CCc1ccncc1. The average Bonchev–Trinajstić information content (AvgIpc) is 2.52. The Hall–Kier alpha value is -2.20. The summed E-state index contributed by atoms with van der Waals surface area (Å²) < 4.78 is 0. The maximum absolute atomic E-state index is 11.8. The molecule has 0 bridgehead atoms. The summed E-state index contributed by atoms with van der Waals surface area (Å²) in [6.45, 7) is 1.02. The minimum atomic E-state index is 0.0497. The van der Waals surface area contributed by atoms with E-state index in [0.29, 0.717) is 19.5 Å². The van der Waals surface area contributed by atoms with E-state index < -0.39 is 0 Å². The smallest absolute Gasteiger partial charge is 0.220 e. The fourth-order valence-corrected chi connectivity index (χ4v) is 2.02. The zero-order chi connectivity index (χ0) is 14.2. The predicted molar refractivity (Wildman–Crippen MR) is 78.7 cm³/mol. The highest BCUT2D eigenvalue weighted by Crippen LogP contribution is 2.07. The summed E-state index contributed by atoms with van der Waals surface area (Å²) in [4.78, 5) is 15.8. The maximum Gasteiger partial charge on any atom is 0.220 e. The van der Waals surface area contributed by atoms with Crippen LogP contribution in [0.1, 0.15) is 23.1 Å². The molecular weight excluding hydrogens is 250 g/mol. The summed E-state index contributed by atoms with van der Waals surface area (Å²) in [5.41, 5.74) is 8.94. The number of hydrogen-bond acceptors (Lipinski definition) is 3. The Bertz CT molecular complexity index is 555. The second kappa shape index (κ2) is 7.40. The minimum Gasteiger partial charge on any atom is -0.352 e. The van der Waals surface area contributed by atoms with Gasteiger partial charge in [-0.05, 0) is 35.2 Å². The van der Waals surface area contributed by atoms with Gasteiger partial charge in [0.05, 0.1) is 0 Å². The molecule has 0 aliphatic heterocycles. The van der Waals surface area contributed by atoms with E-state index in [1.165, 1.54) is 0 Å². The average molecular weight is 269 g/mol. The number of nitrogens with one attached hydrogen (secondary N) is 1. The van der Waals surface area contributed by atoms with E-state index in [9.17, 15) is 4.79 Å². The van der Waals surface area contributed by atoms with Crippen LogP contribution in [-0.2, 0) is 24.3 Å². The Balaban J connectivity index is 1.80. The van der Waals surface area contributed by atoms with Gasteiger partial charge >= 0.3 is 0 Å². The van der Waals surface area contributed by atoms with Crippen molar-refractivity contribution in [3.05, 3.63) is 65.5 Å². The van der Waals surface area contributed by atoms with Crippen LogP contribution in [0.25, 0.3) is 0 Å². The lowest BCUT2D eigenvalue weighted by Gasteiger charge is -2.09. The Morgan fingerprint density at radius 3 is 2.50 bits per heavy atom. The molecule has 104 valence electrons. The molecule has 0 fully saturated rings. The van der Waals surface area contributed by atoms with E-state index in [2.05, 4.69) is 10.3 Å². The van der Waals surface area contributed by atoms with Crippen molar-refractivity contribution in [3.8, 4) is 0 Å². The van der Waals surface area contributed by atoms with Gasteiger partial charge in [0, 0.05) is 31.9 Å². The number of nitrogens with two attached hydrogens (primary N) is 1. The predicted octanol–water partition coefficient (Wildman–Crippen LogP) is 1.79. The molecule has 1 heterocycles. The van der Waals surface area contributed by atoms with Crippen LogP contribution in [0.5, 0.6) is 0 Å². The van der Waals surface area contributed by atoms with E-state index in [1.54, 1.807) is 12.4 Å². The first-order valence-electron chi connectivity index (χ1n) is 6.72. The molecular formula is C16H19N3O. The van der Waals surface area contributed by atoms with Gasteiger partial charge in [-0.1, -0.05) is 24.3 Å². The van der Waals surface area contributed by atoms with Crippen LogP contribution in [0, 0.1) is 0 Å². The molecule has 2 rings (SSSR count). The van der Waals surface area contributed by atoms with E-state index in [4.69, 9.17) is 5.73 Å². The van der Waals surface area contributed by atoms with Crippen LogP contribution in [0.15, 0.2) is 48.8 Å². The molecule has 1 aromatic carbocycles. The molecule has 20 heavy (non-hydrogen) atoms. The van der Waals surface area contributed by atoms with Crippen LogP contribution in [0.2, 0.25) is 0 Å². The quantitative estimate of drug-likeness (QED) is 0.840. The van der Waals surface area contributed by atoms with Gasteiger partial charge in [0.1, 0.15) is 0 Å². The van der Waals surface area contributed by atoms with Crippen molar-refractivity contribution in [1.82, 2.24) is 10.3 Å². The summed E-state index contributed by atoms with van der Waals surface area (Å²) >= 11 is 0. The zero-order valence-electron chi connectivity index (χ0n) is 11.4. The first kappa shape index (κ1) is 14.2. The second-order valence-electron chi connectivity index (χ2n) is 4.61. The molecule has 0 unspecified atom stereocenters. The molecule has 1 aromatic heterocycles. The third-order valence-electron chi connectivity index (χ3n) is 3.20. The van der Waals surface area contributed by atoms with Gasteiger partial charge < -0.3 is 11.1 Å². The van der Waals surface area contributed by atoms with Crippen molar-refractivity contribution in [1.29, 1.82) is 0 Å². The van der Waals surface area contributed by atoms with Crippen molar-refractivity contribution >= 4 is 5.91 Å². The number of hydrogen-bond donors (Lipinski definition) is 2. The molecule has 0 radical (unpaired) electrons. The molecule has 0 aliphatic rings. The zero-order valence-corrected chi connectivity index (χ0v) is 11.4. The molecule has 3 N–H and O–H groups in total. The lowest BCUT2D eigenvalue weighted by Crippen LogP contribution is -2.23. The number of aryl methyl sites for hydroxylation is 1. The van der Waals surface area contributed by atoms with E-state index >= 15 is 0 Å². The summed E-state index contributed by atoms with van der Waals surface area (Å²) in [6, 6.07) is 11.7. The fourth-order valence-electron chi connectivity index (χ4n) is 2.02. The number of aromatic nitrogens is 1. The fraction of sp³-hybridized carbons (Fsp3) is 0.250. The number of amides is 1. The molecule has 2 aromatic rings. The van der Waals surface area contributed by atoms with Gasteiger partial charge in [-0.3, -0.25) is 9.78 Å². The van der Waals surface area contributed by atoms with E-state index in [-0.39, 0.29) is 5.91 Å². The molecule has 0 spiro atoms. The van der Waals surface area contributed by atoms with Gasteiger partial charge in [-0.15, -0.1) is 0 Å². The highest BCUT2D eigenvalue weighted by molar-refractivity contribution is 5.76. The summed E-state index contributed by atoms with van der Waals surface area (Å²) in [5, 5.41) is 2.93. The summed E-state index contributed by atoms with van der Waals surface area (Å²) in [5.74, 6) is 0.0497. The summed E-state index contributed by atoms with van der Waals surface area (Å²) in [6.07, 6.45) is 4.69. The van der Waals surface area contributed by atoms with Crippen LogP contribution < -0.4 is 11.1 Å². The third kappa shape index (κ3) is 4.17. The number of carbonyl (C=O) groups is 1. The molecule has 0 saturated carbocycles. The monoisotopic (exact) mass is 269 g/mol.